The minimum absolute atomic E-state index is 0.352. The van der Waals surface area contributed by atoms with E-state index in [9.17, 15) is 18.8 Å². The number of rotatable bonds is 6. The number of urea groups is 1. The van der Waals surface area contributed by atoms with Crippen LogP contribution >= 0.6 is 0 Å². The van der Waals surface area contributed by atoms with Gasteiger partial charge in [-0.15, -0.1) is 0 Å². The minimum Gasteiger partial charge on any atom is -0.497 e. The summed E-state index contributed by atoms with van der Waals surface area (Å²) in [5, 5.41) is 4.60. The lowest BCUT2D eigenvalue weighted by Gasteiger charge is -2.22. The molecule has 0 bridgehead atoms. The molecule has 1 aliphatic rings. The Morgan fingerprint density at radius 1 is 0.973 bits per heavy atom. The molecule has 1 N–H and O–H groups in total. The lowest BCUT2D eigenvalue weighted by atomic mass is 9.90. The molecule has 7 nitrogen and oxygen atoms in total. The maximum absolute atomic E-state index is 13.5. The lowest BCUT2D eigenvalue weighted by molar-refractivity contribution is -0.130. The summed E-state index contributed by atoms with van der Waals surface area (Å²) in [7, 11) is 1.60. The third-order valence-corrected chi connectivity index (χ3v) is 7.02. The van der Waals surface area contributed by atoms with E-state index in [1.165, 1.54) is 12.1 Å². The van der Waals surface area contributed by atoms with Crippen molar-refractivity contribution in [2.45, 2.75) is 26.3 Å². The molecule has 188 valence electrons. The number of amides is 3. The maximum Gasteiger partial charge on any atom is 0.325 e. The van der Waals surface area contributed by atoms with Crippen LogP contribution in [0.15, 0.2) is 66.7 Å². The number of methoxy groups -OCH3 is 1. The topological polar surface area (TPSA) is 80.6 Å². The van der Waals surface area contributed by atoms with Crippen LogP contribution < -0.4 is 10.1 Å². The highest BCUT2D eigenvalue weighted by Crippen LogP contribution is 2.32. The van der Waals surface area contributed by atoms with Gasteiger partial charge in [-0.1, -0.05) is 18.2 Å². The molecule has 37 heavy (non-hydrogen) atoms. The summed E-state index contributed by atoms with van der Waals surface area (Å²) in [6.45, 7) is 4.87. The Labute approximate surface area is 213 Å². The largest absolute Gasteiger partial charge is 0.497 e. The fourth-order valence-corrected chi connectivity index (χ4v) is 4.96. The van der Waals surface area contributed by atoms with Gasteiger partial charge in [0.05, 0.1) is 13.7 Å². The van der Waals surface area contributed by atoms with Crippen LogP contribution in [0.4, 0.5) is 9.18 Å². The summed E-state index contributed by atoms with van der Waals surface area (Å²) in [4.78, 5) is 40.6. The Morgan fingerprint density at radius 2 is 1.65 bits per heavy atom. The Morgan fingerprint density at radius 3 is 2.35 bits per heavy atom. The number of halogens is 1. The molecule has 1 aromatic heterocycles. The zero-order valence-electron chi connectivity index (χ0n) is 21.0. The summed E-state index contributed by atoms with van der Waals surface area (Å²) >= 11 is 0. The van der Waals surface area contributed by atoms with Crippen LogP contribution in [0.2, 0.25) is 0 Å². The molecule has 5 rings (SSSR count). The summed E-state index contributed by atoms with van der Waals surface area (Å²) in [6, 6.07) is 18.2. The third kappa shape index (κ3) is 4.04. The van der Waals surface area contributed by atoms with Gasteiger partial charge in [-0.05, 0) is 85.6 Å². The monoisotopic (exact) mass is 499 g/mol. The van der Waals surface area contributed by atoms with E-state index in [4.69, 9.17) is 4.74 Å². The molecule has 8 heteroatoms. The van der Waals surface area contributed by atoms with Crippen LogP contribution in [-0.4, -0.2) is 40.8 Å². The van der Waals surface area contributed by atoms with E-state index in [0.717, 1.165) is 27.1 Å². The van der Waals surface area contributed by atoms with E-state index in [0.29, 0.717) is 22.5 Å². The van der Waals surface area contributed by atoms with Crippen molar-refractivity contribution in [2.24, 2.45) is 0 Å². The second-order valence-electron chi connectivity index (χ2n) is 9.39. The predicted molar refractivity (Wildman–Crippen MR) is 138 cm³/mol. The van der Waals surface area contributed by atoms with E-state index >= 15 is 0 Å². The number of carbonyl (C=O) groups is 3. The highest BCUT2D eigenvalue weighted by Gasteiger charge is 2.49. The molecular formula is C29H26FN3O4. The van der Waals surface area contributed by atoms with Gasteiger partial charge < -0.3 is 14.6 Å². The van der Waals surface area contributed by atoms with E-state index < -0.39 is 24.0 Å². The first-order valence-electron chi connectivity index (χ1n) is 11.8. The van der Waals surface area contributed by atoms with Crippen LogP contribution in [-0.2, 0) is 10.3 Å². The zero-order valence-corrected chi connectivity index (χ0v) is 21.0. The molecule has 1 atom stereocenters. The predicted octanol–water partition coefficient (Wildman–Crippen LogP) is 5.04. The number of imide groups is 1. The van der Waals surface area contributed by atoms with Crippen LogP contribution in [0.1, 0.15) is 34.2 Å². The molecule has 1 saturated heterocycles. The van der Waals surface area contributed by atoms with Gasteiger partial charge in [0.25, 0.3) is 5.91 Å². The van der Waals surface area contributed by atoms with Crippen molar-refractivity contribution in [1.82, 2.24) is 14.8 Å². The number of hydrogen-bond donors (Lipinski definition) is 1. The number of nitrogens with zero attached hydrogens (tertiary/aromatic N) is 2. The molecule has 3 aromatic carbocycles. The van der Waals surface area contributed by atoms with Crippen LogP contribution in [0, 0.1) is 19.7 Å². The lowest BCUT2D eigenvalue weighted by Crippen LogP contribution is -2.41. The zero-order chi connectivity index (χ0) is 26.5. The van der Waals surface area contributed by atoms with Crippen LogP contribution in [0.3, 0.4) is 0 Å². The Kier molecular flexibility index (Phi) is 5.82. The van der Waals surface area contributed by atoms with E-state index in [-0.39, 0.29) is 11.6 Å². The molecule has 2 heterocycles. The van der Waals surface area contributed by atoms with Gasteiger partial charge in [-0.3, -0.25) is 14.5 Å². The van der Waals surface area contributed by atoms with Crippen molar-refractivity contribution < 1.29 is 23.5 Å². The number of aryl methyl sites for hydroxylation is 1. The average Bonchev–Trinajstić information content (AvgIpc) is 3.31. The van der Waals surface area contributed by atoms with Gasteiger partial charge >= 0.3 is 6.03 Å². The molecule has 3 amide bonds. The number of Topliss-reactive ketones (excluding diaryl/α,β-unsaturated/α-hetero) is 1. The standard InChI is InChI=1S/C29H26FN3O4/c1-17-13-25(18(2)33(17)23-10-8-22(30)9-11-23)26(34)16-32-27(35)29(3,31-28(32)36)21-7-5-20-15-24(37-4)12-6-19(20)14-21/h5-15H,16H2,1-4H3,(H,31,36). The first kappa shape index (κ1) is 24.2. The number of hydrogen-bond acceptors (Lipinski definition) is 4. The summed E-state index contributed by atoms with van der Waals surface area (Å²) < 4.78 is 20.5. The Bertz CT molecular complexity index is 1570. The molecule has 1 unspecified atom stereocenters. The second-order valence-corrected chi connectivity index (χ2v) is 9.39. The number of carbonyl (C=O) groups excluding carboxylic acids is 3. The highest BCUT2D eigenvalue weighted by atomic mass is 19.1. The number of aromatic nitrogens is 1. The first-order chi connectivity index (χ1) is 17.6. The molecule has 1 fully saturated rings. The molecule has 4 aromatic rings. The summed E-state index contributed by atoms with van der Waals surface area (Å²) in [5.41, 5.74) is 1.85. The number of ether oxygens (including phenoxy) is 1. The third-order valence-electron chi connectivity index (χ3n) is 7.02. The average molecular weight is 500 g/mol. The van der Waals surface area contributed by atoms with Crippen LogP contribution in [0.5, 0.6) is 5.75 Å². The first-order valence-corrected chi connectivity index (χ1v) is 11.8. The van der Waals surface area contributed by atoms with Crippen LogP contribution in [0.25, 0.3) is 16.5 Å². The summed E-state index contributed by atoms with van der Waals surface area (Å²) in [6.07, 6.45) is 0. The van der Waals surface area contributed by atoms with Crippen molar-refractivity contribution >= 4 is 28.5 Å². The van der Waals surface area contributed by atoms with Gasteiger partial charge in [0.1, 0.15) is 17.1 Å². The quantitative estimate of drug-likeness (QED) is 0.298. The van der Waals surface area contributed by atoms with E-state index in [2.05, 4.69) is 5.32 Å². The smallest absolute Gasteiger partial charge is 0.325 e. The van der Waals surface area contributed by atoms with Gasteiger partial charge in [-0.2, -0.15) is 0 Å². The second kappa shape index (κ2) is 8.89. The number of ketones is 1. The molecule has 1 aliphatic heterocycles. The molecular weight excluding hydrogens is 473 g/mol. The fourth-order valence-electron chi connectivity index (χ4n) is 4.96. The Hall–Kier alpha value is -4.46. The van der Waals surface area contributed by atoms with Crippen molar-refractivity contribution in [3.8, 4) is 11.4 Å². The van der Waals surface area contributed by atoms with E-state index in [1.807, 2.05) is 41.8 Å². The summed E-state index contributed by atoms with van der Waals surface area (Å²) in [5.74, 6) is -0.485. The van der Waals surface area contributed by atoms with Gasteiger partial charge in [-0.25, -0.2) is 9.18 Å². The Balaban J connectivity index is 1.41. The maximum atomic E-state index is 13.5. The molecule has 0 saturated carbocycles. The molecule has 0 radical (unpaired) electrons. The normalized spacial score (nSPS) is 17.4. The molecule has 0 spiro atoms. The SMILES string of the molecule is COc1ccc2cc(C3(C)NC(=O)N(CC(=O)c4cc(C)n(-c5ccc(F)cc5)c4C)C3=O)ccc2c1. The van der Waals surface area contributed by atoms with Gasteiger partial charge in [0.15, 0.2) is 5.78 Å². The van der Waals surface area contributed by atoms with E-state index in [1.54, 1.807) is 45.2 Å². The highest BCUT2D eigenvalue weighted by molar-refractivity contribution is 6.11. The van der Waals surface area contributed by atoms with Gasteiger partial charge in [0.2, 0.25) is 0 Å². The van der Waals surface area contributed by atoms with Crippen molar-refractivity contribution in [2.75, 3.05) is 13.7 Å². The number of nitrogens with one attached hydrogen (secondary N) is 1. The van der Waals surface area contributed by atoms with Gasteiger partial charge in [0, 0.05) is 22.6 Å². The minimum atomic E-state index is -1.31. The number of fused-ring (bicyclic) bond motifs is 1. The molecule has 0 aliphatic carbocycles. The fraction of sp³-hybridized carbons (Fsp3) is 0.207. The van der Waals surface area contributed by atoms with Crippen molar-refractivity contribution in [3.63, 3.8) is 0 Å². The van der Waals surface area contributed by atoms with Crippen molar-refractivity contribution in [1.29, 1.82) is 0 Å². The van der Waals surface area contributed by atoms with Crippen molar-refractivity contribution in [3.05, 3.63) is 95.1 Å². The number of benzene rings is 3.